The maximum absolute atomic E-state index is 12.3. The van der Waals surface area contributed by atoms with Crippen LogP contribution in [0.5, 0.6) is 0 Å². The third kappa shape index (κ3) is 4.18. The molecule has 0 heterocycles. The first-order valence-corrected chi connectivity index (χ1v) is 7.21. The van der Waals surface area contributed by atoms with E-state index in [-0.39, 0.29) is 36.5 Å². The Kier molecular flexibility index (Phi) is 6.32. The zero-order valence-electron chi connectivity index (χ0n) is 12.6. The number of benzene rings is 1. The SMILES string of the molecule is CC1(N)CCCCC1C(=O)NCc1ccccc1[N+](=O)[O-].Cl. The molecular formula is C15H22ClN3O3. The standard InChI is InChI=1S/C15H21N3O3.ClH/c1-15(16)9-5-4-7-12(15)14(19)17-10-11-6-2-3-8-13(11)18(20)21;/h2-3,6,8,12H,4-5,7,9-10,16H2,1H3,(H,17,19);1H. The topological polar surface area (TPSA) is 98.3 Å². The van der Waals surface area contributed by atoms with Crippen molar-refractivity contribution in [2.75, 3.05) is 0 Å². The quantitative estimate of drug-likeness (QED) is 0.655. The Labute approximate surface area is 136 Å². The molecule has 0 spiro atoms. The number of nitrogens with one attached hydrogen (secondary N) is 1. The smallest absolute Gasteiger partial charge is 0.274 e. The molecule has 2 unspecified atom stereocenters. The van der Waals surface area contributed by atoms with Gasteiger partial charge in [-0.05, 0) is 19.8 Å². The van der Waals surface area contributed by atoms with E-state index < -0.39 is 10.5 Å². The summed E-state index contributed by atoms with van der Waals surface area (Å²) in [6, 6.07) is 6.43. The van der Waals surface area contributed by atoms with Crippen molar-refractivity contribution in [1.29, 1.82) is 0 Å². The first kappa shape index (κ1) is 18.4. The number of carbonyl (C=O) groups excluding carboxylic acids is 1. The van der Waals surface area contributed by atoms with E-state index in [0.29, 0.717) is 5.56 Å². The van der Waals surface area contributed by atoms with Crippen LogP contribution in [0.2, 0.25) is 0 Å². The molecule has 0 aromatic heterocycles. The number of carbonyl (C=O) groups is 1. The molecule has 1 aromatic carbocycles. The lowest BCUT2D eigenvalue weighted by atomic mass is 9.74. The van der Waals surface area contributed by atoms with Crippen LogP contribution in [-0.2, 0) is 11.3 Å². The van der Waals surface area contributed by atoms with Crippen LogP contribution in [0.3, 0.4) is 0 Å². The second kappa shape index (κ2) is 7.56. The van der Waals surface area contributed by atoms with Crippen LogP contribution in [0.1, 0.15) is 38.2 Å². The van der Waals surface area contributed by atoms with E-state index in [1.165, 1.54) is 6.07 Å². The second-order valence-corrected chi connectivity index (χ2v) is 5.91. The van der Waals surface area contributed by atoms with Crippen molar-refractivity contribution in [2.45, 2.75) is 44.7 Å². The van der Waals surface area contributed by atoms with Gasteiger partial charge in [-0.3, -0.25) is 14.9 Å². The third-order valence-electron chi connectivity index (χ3n) is 4.21. The van der Waals surface area contributed by atoms with E-state index in [1.54, 1.807) is 18.2 Å². The number of hydrogen-bond acceptors (Lipinski definition) is 4. The minimum atomic E-state index is -0.495. The first-order valence-electron chi connectivity index (χ1n) is 7.21. The predicted molar refractivity (Wildman–Crippen MR) is 86.7 cm³/mol. The Morgan fingerprint density at radius 1 is 1.45 bits per heavy atom. The Morgan fingerprint density at radius 3 is 2.77 bits per heavy atom. The van der Waals surface area contributed by atoms with Gasteiger partial charge in [0.05, 0.1) is 10.8 Å². The van der Waals surface area contributed by atoms with Gasteiger partial charge in [0.25, 0.3) is 5.69 Å². The first-order chi connectivity index (χ1) is 9.92. The van der Waals surface area contributed by atoms with Crippen LogP contribution in [0.15, 0.2) is 24.3 Å². The summed E-state index contributed by atoms with van der Waals surface area (Å²) < 4.78 is 0. The molecule has 7 heteroatoms. The van der Waals surface area contributed by atoms with E-state index in [0.717, 1.165) is 25.7 Å². The number of hydrogen-bond donors (Lipinski definition) is 2. The predicted octanol–water partition coefficient (Wildman–Crippen LogP) is 2.54. The fourth-order valence-electron chi connectivity index (χ4n) is 2.93. The summed E-state index contributed by atoms with van der Waals surface area (Å²) >= 11 is 0. The van der Waals surface area contributed by atoms with Crippen LogP contribution in [0.4, 0.5) is 5.69 Å². The third-order valence-corrected chi connectivity index (χ3v) is 4.21. The molecule has 1 amide bonds. The van der Waals surface area contributed by atoms with Gasteiger partial charge in [0.15, 0.2) is 0 Å². The maximum atomic E-state index is 12.3. The molecule has 6 nitrogen and oxygen atoms in total. The van der Waals surface area contributed by atoms with Crippen molar-refractivity contribution in [2.24, 2.45) is 11.7 Å². The lowest BCUT2D eigenvalue weighted by molar-refractivity contribution is -0.385. The van der Waals surface area contributed by atoms with E-state index in [4.69, 9.17) is 5.73 Å². The zero-order chi connectivity index (χ0) is 15.5. The highest BCUT2D eigenvalue weighted by Crippen LogP contribution is 2.31. The second-order valence-electron chi connectivity index (χ2n) is 5.91. The fourth-order valence-corrected chi connectivity index (χ4v) is 2.93. The van der Waals surface area contributed by atoms with Crippen molar-refractivity contribution < 1.29 is 9.72 Å². The van der Waals surface area contributed by atoms with Crippen molar-refractivity contribution >= 4 is 24.0 Å². The number of halogens is 1. The van der Waals surface area contributed by atoms with E-state index >= 15 is 0 Å². The van der Waals surface area contributed by atoms with E-state index in [9.17, 15) is 14.9 Å². The minimum absolute atomic E-state index is 0. The van der Waals surface area contributed by atoms with Gasteiger partial charge in [0.2, 0.25) is 5.91 Å². The molecular weight excluding hydrogens is 306 g/mol. The summed E-state index contributed by atoms with van der Waals surface area (Å²) in [6.07, 6.45) is 3.64. The van der Waals surface area contributed by atoms with Gasteiger partial charge in [-0.2, -0.15) is 0 Å². The highest BCUT2D eigenvalue weighted by molar-refractivity contribution is 5.85. The van der Waals surface area contributed by atoms with Crippen LogP contribution < -0.4 is 11.1 Å². The highest BCUT2D eigenvalue weighted by atomic mass is 35.5. The Balaban J connectivity index is 0.00000242. The Morgan fingerprint density at radius 2 is 2.14 bits per heavy atom. The summed E-state index contributed by atoms with van der Waals surface area (Å²) in [4.78, 5) is 22.8. The number of nitro groups is 1. The zero-order valence-corrected chi connectivity index (χ0v) is 13.4. The van der Waals surface area contributed by atoms with Crippen LogP contribution in [0.25, 0.3) is 0 Å². The number of para-hydroxylation sites is 1. The van der Waals surface area contributed by atoms with Crippen molar-refractivity contribution in [3.05, 3.63) is 39.9 Å². The van der Waals surface area contributed by atoms with Gasteiger partial charge >= 0.3 is 0 Å². The molecule has 22 heavy (non-hydrogen) atoms. The molecule has 0 radical (unpaired) electrons. The molecule has 1 aromatic rings. The molecule has 122 valence electrons. The molecule has 0 bridgehead atoms. The van der Waals surface area contributed by atoms with Crippen molar-refractivity contribution in [1.82, 2.24) is 5.32 Å². The fraction of sp³-hybridized carbons (Fsp3) is 0.533. The number of rotatable bonds is 4. The van der Waals surface area contributed by atoms with Gasteiger partial charge in [-0.15, -0.1) is 12.4 Å². The van der Waals surface area contributed by atoms with Crippen molar-refractivity contribution in [3.8, 4) is 0 Å². The molecule has 2 atom stereocenters. The summed E-state index contributed by atoms with van der Waals surface area (Å²) in [5.74, 6) is -0.341. The lowest BCUT2D eigenvalue weighted by Gasteiger charge is -2.37. The van der Waals surface area contributed by atoms with Gasteiger partial charge in [-0.1, -0.05) is 31.0 Å². The highest BCUT2D eigenvalue weighted by Gasteiger charge is 2.37. The molecule has 3 N–H and O–H groups in total. The number of nitro benzene ring substituents is 1. The van der Waals surface area contributed by atoms with Crippen molar-refractivity contribution in [3.63, 3.8) is 0 Å². The number of nitrogens with zero attached hydrogens (tertiary/aromatic N) is 1. The van der Waals surface area contributed by atoms with Gasteiger partial charge in [0, 0.05) is 23.7 Å². The lowest BCUT2D eigenvalue weighted by Crippen LogP contribution is -2.52. The van der Waals surface area contributed by atoms with Crippen LogP contribution >= 0.6 is 12.4 Å². The van der Waals surface area contributed by atoms with Gasteiger partial charge in [-0.25, -0.2) is 0 Å². The monoisotopic (exact) mass is 327 g/mol. The van der Waals surface area contributed by atoms with Crippen LogP contribution in [-0.4, -0.2) is 16.4 Å². The van der Waals surface area contributed by atoms with E-state index in [1.807, 2.05) is 6.92 Å². The van der Waals surface area contributed by atoms with E-state index in [2.05, 4.69) is 5.32 Å². The largest absolute Gasteiger partial charge is 0.351 e. The molecule has 0 saturated heterocycles. The van der Waals surface area contributed by atoms with Gasteiger partial charge in [0.1, 0.15) is 0 Å². The molecule has 2 rings (SSSR count). The Hall–Kier alpha value is -1.66. The molecule has 1 saturated carbocycles. The minimum Gasteiger partial charge on any atom is -0.351 e. The molecule has 1 fully saturated rings. The summed E-state index contributed by atoms with van der Waals surface area (Å²) in [7, 11) is 0. The molecule has 1 aliphatic carbocycles. The Bertz CT molecular complexity index is 549. The average molecular weight is 328 g/mol. The number of amides is 1. The number of nitrogens with two attached hydrogens (primary N) is 1. The van der Waals surface area contributed by atoms with Gasteiger partial charge < -0.3 is 11.1 Å². The summed E-state index contributed by atoms with van der Waals surface area (Å²) in [5, 5.41) is 13.7. The normalized spacial score (nSPS) is 24.2. The van der Waals surface area contributed by atoms with Crippen LogP contribution in [0, 0.1) is 16.0 Å². The molecule has 1 aliphatic rings. The summed E-state index contributed by atoms with van der Waals surface area (Å²) in [6.45, 7) is 2.06. The maximum Gasteiger partial charge on any atom is 0.274 e. The molecule has 0 aliphatic heterocycles. The summed E-state index contributed by atoms with van der Waals surface area (Å²) in [5.41, 5.74) is 6.24. The average Bonchev–Trinajstić information content (AvgIpc) is 2.44.